The van der Waals surface area contributed by atoms with E-state index in [1.807, 2.05) is 11.9 Å². The largest absolute Gasteiger partial charge is 0.374 e. The third-order valence-electron chi connectivity index (χ3n) is 3.19. The molecule has 0 aromatic heterocycles. The Bertz CT molecular complexity index is 455. The van der Waals surface area contributed by atoms with Crippen LogP contribution in [0.3, 0.4) is 0 Å². The molecule has 1 aromatic rings. The molecular weight excluding hydrogens is 240 g/mol. The first kappa shape index (κ1) is 15.2. The number of benzene rings is 1. The van der Waals surface area contributed by atoms with Crippen LogP contribution < -0.4 is 10.2 Å². The second-order valence-corrected chi connectivity index (χ2v) is 5.06. The van der Waals surface area contributed by atoms with Crippen LogP contribution in [0, 0.1) is 6.92 Å². The fourth-order valence-electron chi connectivity index (χ4n) is 1.99. The Morgan fingerprint density at radius 1 is 1.42 bits per heavy atom. The summed E-state index contributed by atoms with van der Waals surface area (Å²) < 4.78 is 0. The number of amides is 2. The van der Waals surface area contributed by atoms with E-state index in [9.17, 15) is 9.59 Å². The Morgan fingerprint density at radius 3 is 2.63 bits per heavy atom. The van der Waals surface area contributed by atoms with Crippen molar-refractivity contribution >= 4 is 18.0 Å². The summed E-state index contributed by atoms with van der Waals surface area (Å²) in [5, 5.41) is 2.14. The highest BCUT2D eigenvalue weighted by Gasteiger charge is 2.09. The molecule has 0 saturated heterocycles. The average Bonchev–Trinajstić information content (AvgIpc) is 2.36. The summed E-state index contributed by atoms with van der Waals surface area (Å²) in [5.74, 6) is 0.259. The SMILES string of the molecule is Cc1cc(C(C)C)ccc1N(C)CCC(=O)NC=O. The Kier molecular flexibility index (Phi) is 5.55. The molecule has 104 valence electrons. The van der Waals surface area contributed by atoms with E-state index in [0.717, 1.165) is 5.69 Å². The summed E-state index contributed by atoms with van der Waals surface area (Å²) in [7, 11) is 1.95. The van der Waals surface area contributed by atoms with Gasteiger partial charge in [-0.15, -0.1) is 0 Å². The lowest BCUT2D eigenvalue weighted by Gasteiger charge is -2.22. The van der Waals surface area contributed by atoms with E-state index >= 15 is 0 Å². The molecule has 0 saturated carbocycles. The predicted octanol–water partition coefficient (Wildman–Crippen LogP) is 2.22. The highest BCUT2D eigenvalue weighted by atomic mass is 16.2. The summed E-state index contributed by atoms with van der Waals surface area (Å²) in [6.07, 6.45) is 0.728. The van der Waals surface area contributed by atoms with Gasteiger partial charge in [-0.05, 0) is 30.0 Å². The molecular formula is C15H22N2O2. The number of carbonyl (C=O) groups is 2. The average molecular weight is 262 g/mol. The molecule has 1 rings (SSSR count). The first-order valence-electron chi connectivity index (χ1n) is 6.50. The van der Waals surface area contributed by atoms with Crippen LogP contribution in [0.5, 0.6) is 0 Å². The normalized spacial score (nSPS) is 10.4. The van der Waals surface area contributed by atoms with E-state index in [-0.39, 0.29) is 5.91 Å². The maximum absolute atomic E-state index is 11.2. The standard InChI is InChI=1S/C15H22N2O2/c1-11(2)13-5-6-14(12(3)9-13)17(4)8-7-15(19)16-10-18/h5-6,9-11H,7-8H2,1-4H3,(H,16,18,19). The van der Waals surface area contributed by atoms with Crippen molar-refractivity contribution in [1.29, 1.82) is 0 Å². The molecule has 0 spiro atoms. The summed E-state index contributed by atoms with van der Waals surface area (Å²) >= 11 is 0. The Hall–Kier alpha value is -1.84. The van der Waals surface area contributed by atoms with Gasteiger partial charge < -0.3 is 4.90 Å². The van der Waals surface area contributed by atoms with Crippen molar-refractivity contribution < 1.29 is 9.59 Å². The third-order valence-corrected chi connectivity index (χ3v) is 3.19. The van der Waals surface area contributed by atoms with E-state index in [1.54, 1.807) is 0 Å². The Balaban J connectivity index is 2.69. The Labute approximate surface area is 114 Å². The van der Waals surface area contributed by atoms with Gasteiger partial charge in [0.2, 0.25) is 12.3 Å². The minimum atomic E-state index is -0.252. The fourth-order valence-corrected chi connectivity index (χ4v) is 1.99. The smallest absolute Gasteiger partial charge is 0.228 e. The zero-order valence-electron chi connectivity index (χ0n) is 12.1. The zero-order valence-corrected chi connectivity index (χ0v) is 12.1. The van der Waals surface area contributed by atoms with Gasteiger partial charge in [0.15, 0.2) is 0 Å². The molecule has 1 aromatic carbocycles. The summed E-state index contributed by atoms with van der Waals surface area (Å²) in [6, 6.07) is 6.39. The van der Waals surface area contributed by atoms with E-state index in [1.165, 1.54) is 11.1 Å². The van der Waals surface area contributed by atoms with Gasteiger partial charge in [0.05, 0.1) is 0 Å². The summed E-state index contributed by atoms with van der Waals surface area (Å²) in [5.41, 5.74) is 3.63. The van der Waals surface area contributed by atoms with Gasteiger partial charge >= 0.3 is 0 Å². The number of nitrogens with zero attached hydrogens (tertiary/aromatic N) is 1. The third kappa shape index (κ3) is 4.39. The summed E-state index contributed by atoms with van der Waals surface area (Å²) in [6.45, 7) is 6.99. The molecule has 0 unspecified atom stereocenters. The van der Waals surface area contributed by atoms with Crippen molar-refractivity contribution in [3.05, 3.63) is 29.3 Å². The van der Waals surface area contributed by atoms with Crippen LogP contribution in [0.2, 0.25) is 0 Å². The second kappa shape index (κ2) is 6.92. The van der Waals surface area contributed by atoms with E-state index in [4.69, 9.17) is 0 Å². The van der Waals surface area contributed by atoms with Crippen LogP contribution in [-0.4, -0.2) is 25.9 Å². The van der Waals surface area contributed by atoms with Crippen LogP contribution >= 0.6 is 0 Å². The fraction of sp³-hybridized carbons (Fsp3) is 0.467. The maximum Gasteiger partial charge on any atom is 0.228 e. The number of anilines is 1. The first-order chi connectivity index (χ1) is 8.95. The highest BCUT2D eigenvalue weighted by Crippen LogP contribution is 2.24. The number of aryl methyl sites for hydroxylation is 1. The van der Waals surface area contributed by atoms with Crippen LogP contribution in [0.4, 0.5) is 5.69 Å². The maximum atomic E-state index is 11.2. The number of hydrogen-bond donors (Lipinski definition) is 1. The van der Waals surface area contributed by atoms with Gasteiger partial charge in [-0.2, -0.15) is 0 Å². The Morgan fingerprint density at radius 2 is 2.11 bits per heavy atom. The first-order valence-corrected chi connectivity index (χ1v) is 6.50. The molecule has 0 radical (unpaired) electrons. The molecule has 4 nitrogen and oxygen atoms in total. The van der Waals surface area contributed by atoms with Gasteiger partial charge in [0.1, 0.15) is 0 Å². The summed E-state index contributed by atoms with van der Waals surface area (Å²) in [4.78, 5) is 23.4. The lowest BCUT2D eigenvalue weighted by atomic mass is 10.00. The molecule has 0 atom stereocenters. The van der Waals surface area contributed by atoms with Crippen LogP contribution in [-0.2, 0) is 9.59 Å². The second-order valence-electron chi connectivity index (χ2n) is 5.06. The lowest BCUT2D eigenvalue weighted by Crippen LogP contribution is -2.28. The molecule has 19 heavy (non-hydrogen) atoms. The van der Waals surface area contributed by atoms with Crippen molar-refractivity contribution in [3.8, 4) is 0 Å². The molecule has 0 aliphatic rings. The molecule has 0 aliphatic carbocycles. The minimum absolute atomic E-state index is 0.252. The van der Waals surface area contributed by atoms with Crippen molar-refractivity contribution in [2.45, 2.75) is 33.1 Å². The molecule has 2 amide bonds. The minimum Gasteiger partial charge on any atom is -0.374 e. The molecule has 0 bridgehead atoms. The highest BCUT2D eigenvalue weighted by molar-refractivity contribution is 5.86. The van der Waals surface area contributed by atoms with Gasteiger partial charge in [-0.3, -0.25) is 14.9 Å². The number of hydrogen-bond acceptors (Lipinski definition) is 3. The number of imide groups is 1. The number of carbonyl (C=O) groups excluding carboxylic acids is 2. The van der Waals surface area contributed by atoms with Gasteiger partial charge in [-0.25, -0.2) is 0 Å². The van der Waals surface area contributed by atoms with Crippen molar-refractivity contribution in [2.24, 2.45) is 0 Å². The van der Waals surface area contributed by atoms with E-state index < -0.39 is 0 Å². The zero-order chi connectivity index (χ0) is 14.4. The lowest BCUT2D eigenvalue weighted by molar-refractivity contribution is -0.125. The van der Waals surface area contributed by atoms with Crippen molar-refractivity contribution in [1.82, 2.24) is 5.32 Å². The predicted molar refractivity (Wildman–Crippen MR) is 77.4 cm³/mol. The molecule has 0 fully saturated rings. The molecule has 4 heteroatoms. The molecule has 0 heterocycles. The number of nitrogens with one attached hydrogen (secondary N) is 1. The van der Waals surface area contributed by atoms with E-state index in [0.29, 0.717) is 25.3 Å². The van der Waals surface area contributed by atoms with Crippen LogP contribution in [0.1, 0.15) is 37.3 Å². The van der Waals surface area contributed by atoms with Crippen molar-refractivity contribution in [3.63, 3.8) is 0 Å². The van der Waals surface area contributed by atoms with Gasteiger partial charge in [-0.1, -0.05) is 26.0 Å². The number of rotatable bonds is 6. The monoisotopic (exact) mass is 262 g/mol. The van der Waals surface area contributed by atoms with Gasteiger partial charge in [0, 0.05) is 25.7 Å². The van der Waals surface area contributed by atoms with Gasteiger partial charge in [0.25, 0.3) is 0 Å². The quantitative estimate of drug-likeness (QED) is 0.800. The van der Waals surface area contributed by atoms with Crippen LogP contribution in [0.25, 0.3) is 0 Å². The van der Waals surface area contributed by atoms with E-state index in [2.05, 4.69) is 44.3 Å². The van der Waals surface area contributed by atoms with Crippen molar-refractivity contribution in [2.75, 3.05) is 18.5 Å². The molecule has 1 N–H and O–H groups in total. The topological polar surface area (TPSA) is 49.4 Å². The van der Waals surface area contributed by atoms with Crippen LogP contribution in [0.15, 0.2) is 18.2 Å². The molecule has 0 aliphatic heterocycles.